The number of aromatic nitrogens is 4. The van der Waals surface area contributed by atoms with Crippen LogP contribution in [0.25, 0.3) is 0 Å². The van der Waals surface area contributed by atoms with Crippen LogP contribution in [0.5, 0.6) is 0 Å². The fourth-order valence-electron chi connectivity index (χ4n) is 5.44. The number of hydrogen-bond donors (Lipinski definition) is 0. The van der Waals surface area contributed by atoms with E-state index in [9.17, 15) is 13.2 Å². The fraction of sp³-hybridized carbons (Fsp3) is 0.696. The van der Waals surface area contributed by atoms with Crippen LogP contribution in [0.1, 0.15) is 61.0 Å². The maximum absolute atomic E-state index is 12.8. The molecule has 2 atom stereocenters. The average molecular weight is 482 g/mol. The second-order valence-corrected chi connectivity index (χ2v) is 10.7. The molecule has 10 heteroatoms. The van der Waals surface area contributed by atoms with Crippen LogP contribution >= 0.6 is 11.8 Å². The van der Waals surface area contributed by atoms with Crippen LogP contribution < -0.4 is 0 Å². The van der Waals surface area contributed by atoms with E-state index >= 15 is 0 Å². The van der Waals surface area contributed by atoms with Crippen molar-refractivity contribution in [2.45, 2.75) is 55.3 Å². The van der Waals surface area contributed by atoms with Crippen molar-refractivity contribution in [3.8, 4) is 0 Å². The van der Waals surface area contributed by atoms with Crippen molar-refractivity contribution in [1.82, 2.24) is 24.6 Å². The summed E-state index contributed by atoms with van der Waals surface area (Å²) >= 11 is 1.76. The van der Waals surface area contributed by atoms with Gasteiger partial charge >= 0.3 is 6.18 Å². The molecule has 1 spiro atoms. The first kappa shape index (κ1) is 23.1. The third-order valence-electron chi connectivity index (χ3n) is 7.44. The van der Waals surface area contributed by atoms with Gasteiger partial charge < -0.3 is 14.2 Å². The number of alkyl halides is 3. The average Bonchev–Trinajstić information content (AvgIpc) is 3.15. The third kappa shape index (κ3) is 4.93. The van der Waals surface area contributed by atoms with E-state index in [1.165, 1.54) is 6.20 Å². The molecular formula is C23H30F3N5OS. The molecule has 180 valence electrons. The molecule has 4 heterocycles. The van der Waals surface area contributed by atoms with Crippen molar-refractivity contribution in [2.24, 2.45) is 12.5 Å². The summed E-state index contributed by atoms with van der Waals surface area (Å²) in [7, 11) is 2.06. The lowest BCUT2D eigenvalue weighted by atomic mass is 9.99. The lowest BCUT2D eigenvalue weighted by Crippen LogP contribution is -2.23. The molecule has 1 saturated carbocycles. The van der Waals surface area contributed by atoms with Crippen molar-refractivity contribution in [1.29, 1.82) is 0 Å². The first-order valence-corrected chi connectivity index (χ1v) is 12.7. The highest BCUT2D eigenvalue weighted by atomic mass is 32.2. The zero-order chi connectivity index (χ0) is 23.1. The smallest absolute Gasteiger partial charge is 0.381 e. The molecule has 1 aliphatic carbocycles. The lowest BCUT2D eigenvalue weighted by Gasteiger charge is -2.21. The maximum atomic E-state index is 12.8. The molecule has 3 aliphatic rings. The lowest BCUT2D eigenvalue weighted by molar-refractivity contribution is -0.141. The number of rotatable bonds is 7. The predicted molar refractivity (Wildman–Crippen MR) is 119 cm³/mol. The SMILES string of the molecule is Cn1c(SCCCN2CC[C@@]3(C[C@@H]3c3ccc(C(F)(F)F)nc3)C2)nnc1C1CCOCC1. The summed E-state index contributed by atoms with van der Waals surface area (Å²) in [4.78, 5) is 6.15. The minimum atomic E-state index is -4.38. The molecule has 5 rings (SSSR count). The van der Waals surface area contributed by atoms with Gasteiger partial charge in [-0.25, -0.2) is 0 Å². The standard InChI is InChI=1S/C23H30F3N5OS/c1-30-20(16-5-10-32-11-6-16)28-29-21(30)33-12-2-8-31-9-7-22(15-31)13-18(22)17-3-4-19(27-14-17)23(24,25)26/h3-4,14,16,18H,2,5-13,15H2,1H3/t18-,22-/m1/s1. The molecule has 0 bridgehead atoms. The largest absolute Gasteiger partial charge is 0.433 e. The summed E-state index contributed by atoms with van der Waals surface area (Å²) in [6.45, 7) is 4.73. The molecule has 2 aromatic heterocycles. The Balaban J connectivity index is 1.06. The van der Waals surface area contributed by atoms with Crippen molar-refractivity contribution >= 4 is 11.8 Å². The normalized spacial score (nSPS) is 26.4. The number of ether oxygens (including phenoxy) is 1. The first-order valence-electron chi connectivity index (χ1n) is 11.7. The van der Waals surface area contributed by atoms with Gasteiger partial charge in [-0.2, -0.15) is 13.2 Å². The Morgan fingerprint density at radius 2 is 2.03 bits per heavy atom. The van der Waals surface area contributed by atoms with Crippen LogP contribution in [-0.2, 0) is 18.0 Å². The molecule has 2 saturated heterocycles. The van der Waals surface area contributed by atoms with Crippen LogP contribution in [0.2, 0.25) is 0 Å². The summed E-state index contributed by atoms with van der Waals surface area (Å²) in [6, 6.07) is 2.73. The minimum Gasteiger partial charge on any atom is -0.381 e. The van der Waals surface area contributed by atoms with E-state index in [1.54, 1.807) is 17.8 Å². The van der Waals surface area contributed by atoms with E-state index in [-0.39, 0.29) is 5.41 Å². The van der Waals surface area contributed by atoms with Gasteiger partial charge in [0.15, 0.2) is 5.16 Å². The van der Waals surface area contributed by atoms with Crippen molar-refractivity contribution in [2.75, 3.05) is 38.6 Å². The number of likely N-dealkylation sites (tertiary alicyclic amines) is 1. The molecule has 6 nitrogen and oxygen atoms in total. The van der Waals surface area contributed by atoms with E-state index in [0.717, 1.165) is 93.3 Å². The number of halogens is 3. The second-order valence-electron chi connectivity index (χ2n) is 9.61. The number of pyridine rings is 1. The maximum Gasteiger partial charge on any atom is 0.433 e. The van der Waals surface area contributed by atoms with Crippen LogP contribution in [0, 0.1) is 5.41 Å². The molecule has 2 aliphatic heterocycles. The third-order valence-corrected chi connectivity index (χ3v) is 8.54. The predicted octanol–water partition coefficient (Wildman–Crippen LogP) is 4.48. The van der Waals surface area contributed by atoms with Gasteiger partial charge in [-0.15, -0.1) is 10.2 Å². The second kappa shape index (κ2) is 9.19. The van der Waals surface area contributed by atoms with Gasteiger partial charge in [0.05, 0.1) is 0 Å². The van der Waals surface area contributed by atoms with Gasteiger partial charge in [-0.1, -0.05) is 17.8 Å². The summed E-state index contributed by atoms with van der Waals surface area (Å²) in [5.74, 6) is 2.85. The van der Waals surface area contributed by atoms with E-state index in [2.05, 4.69) is 31.7 Å². The molecule has 0 N–H and O–H groups in total. The van der Waals surface area contributed by atoms with Gasteiger partial charge in [-0.3, -0.25) is 4.98 Å². The quantitative estimate of drug-likeness (QED) is 0.429. The van der Waals surface area contributed by atoms with Gasteiger partial charge in [0.2, 0.25) is 0 Å². The number of hydrogen-bond acceptors (Lipinski definition) is 6. The fourth-order valence-corrected chi connectivity index (χ4v) is 6.28. The highest BCUT2D eigenvalue weighted by Crippen LogP contribution is 2.64. The van der Waals surface area contributed by atoms with Crippen molar-refractivity contribution in [3.63, 3.8) is 0 Å². The topological polar surface area (TPSA) is 56.1 Å². The Labute approximate surface area is 196 Å². The highest BCUT2D eigenvalue weighted by molar-refractivity contribution is 7.99. The molecular weight excluding hydrogens is 451 g/mol. The summed E-state index contributed by atoms with van der Waals surface area (Å²) in [5, 5.41) is 9.82. The van der Waals surface area contributed by atoms with Gasteiger partial charge in [0.25, 0.3) is 0 Å². The monoisotopic (exact) mass is 481 g/mol. The van der Waals surface area contributed by atoms with Crippen LogP contribution in [0.3, 0.4) is 0 Å². The molecule has 0 unspecified atom stereocenters. The zero-order valence-electron chi connectivity index (χ0n) is 18.9. The van der Waals surface area contributed by atoms with Crippen LogP contribution in [-0.4, -0.2) is 63.2 Å². The van der Waals surface area contributed by atoms with Crippen LogP contribution in [0.4, 0.5) is 13.2 Å². The highest BCUT2D eigenvalue weighted by Gasteiger charge is 2.57. The van der Waals surface area contributed by atoms with Crippen LogP contribution in [0.15, 0.2) is 23.5 Å². The first-order chi connectivity index (χ1) is 15.9. The Hall–Kier alpha value is -1.65. The van der Waals surface area contributed by atoms with Crippen molar-refractivity contribution < 1.29 is 17.9 Å². The Kier molecular flexibility index (Phi) is 6.43. The zero-order valence-corrected chi connectivity index (χ0v) is 19.7. The van der Waals surface area contributed by atoms with Crippen molar-refractivity contribution in [3.05, 3.63) is 35.4 Å². The number of thioether (sulfide) groups is 1. The Morgan fingerprint density at radius 1 is 1.21 bits per heavy atom. The van der Waals surface area contributed by atoms with E-state index in [0.29, 0.717) is 11.8 Å². The molecule has 3 fully saturated rings. The van der Waals surface area contributed by atoms with E-state index < -0.39 is 11.9 Å². The van der Waals surface area contributed by atoms with E-state index in [1.807, 2.05) is 0 Å². The molecule has 0 aromatic carbocycles. The minimum absolute atomic E-state index is 0.233. The summed E-state index contributed by atoms with van der Waals surface area (Å²) < 4.78 is 45.9. The molecule has 33 heavy (non-hydrogen) atoms. The van der Waals surface area contributed by atoms with E-state index in [4.69, 9.17) is 4.74 Å². The molecule has 0 radical (unpaired) electrons. The number of nitrogens with zero attached hydrogens (tertiary/aromatic N) is 5. The molecule has 2 aromatic rings. The van der Waals surface area contributed by atoms with Gasteiger partial charge in [0, 0.05) is 44.7 Å². The summed E-state index contributed by atoms with van der Waals surface area (Å²) in [5.41, 5.74) is 0.369. The summed E-state index contributed by atoms with van der Waals surface area (Å²) in [6.07, 6.45) is 2.32. The van der Waals surface area contributed by atoms with Gasteiger partial charge in [0.1, 0.15) is 11.5 Å². The molecule has 0 amide bonds. The van der Waals surface area contributed by atoms with Gasteiger partial charge in [-0.05, 0) is 68.2 Å². The Morgan fingerprint density at radius 3 is 2.76 bits per heavy atom. The Bertz CT molecular complexity index is 960.